The third kappa shape index (κ3) is 3.46. The van der Waals surface area contributed by atoms with E-state index in [9.17, 15) is 4.79 Å². The molecule has 1 amide bonds. The van der Waals surface area contributed by atoms with Gasteiger partial charge < -0.3 is 26.4 Å². The molecule has 1 heterocycles. The number of carbonyl (C=O) groups excluding carboxylic acids is 1. The van der Waals surface area contributed by atoms with Gasteiger partial charge in [-0.1, -0.05) is 0 Å². The van der Waals surface area contributed by atoms with E-state index >= 15 is 0 Å². The Morgan fingerprint density at radius 3 is 2.82 bits per heavy atom. The molecule has 0 aromatic heterocycles. The fourth-order valence-electron chi connectivity index (χ4n) is 1.51. The number of rotatable bonds is 4. The second-order valence-corrected chi connectivity index (χ2v) is 3.67. The molecule has 1 aliphatic heterocycles. The lowest BCUT2D eigenvalue weighted by Crippen LogP contribution is -2.44. The smallest absolute Gasteiger partial charge is 0.253 e. The van der Waals surface area contributed by atoms with Gasteiger partial charge in [-0.3, -0.25) is 10.2 Å². The largest absolute Gasteiger partial charge is 0.383 e. The predicted octanol–water partition coefficient (Wildman–Crippen LogP) is -1.04. The molecule has 92 valence electrons. The minimum Gasteiger partial charge on any atom is -0.383 e. The van der Waals surface area contributed by atoms with Crippen molar-refractivity contribution in [2.45, 2.75) is 18.5 Å². The van der Waals surface area contributed by atoms with Crippen molar-refractivity contribution in [2.24, 2.45) is 11.5 Å². The van der Waals surface area contributed by atoms with Crippen molar-refractivity contribution in [3.63, 3.8) is 0 Å². The van der Waals surface area contributed by atoms with Gasteiger partial charge in [0.05, 0.1) is 18.8 Å². The standard InChI is InChI=1S/C10H15N5O2/c1-14-7-2-3-17-5-8(7)15-4-6(9(11)12)10(13)16/h4,7-8,15H,2-3,5H2,(H3,11,12)(H2,13,16)/b6-4+/t7-,8?/m0/s1. The SMILES string of the molecule is [C-]#[N+][C@H]1CCOCC1N/C=C(\C(=N)N)C(N)=O. The molecule has 0 bridgehead atoms. The zero-order chi connectivity index (χ0) is 12.8. The lowest BCUT2D eigenvalue weighted by atomic mass is 10.0. The maximum absolute atomic E-state index is 11.0. The van der Waals surface area contributed by atoms with Crippen molar-refractivity contribution < 1.29 is 9.53 Å². The third-order valence-electron chi connectivity index (χ3n) is 2.48. The number of nitrogens with two attached hydrogens (primary N) is 2. The molecule has 1 saturated heterocycles. The van der Waals surface area contributed by atoms with E-state index in [-0.39, 0.29) is 17.7 Å². The summed E-state index contributed by atoms with van der Waals surface area (Å²) in [6.07, 6.45) is 1.92. The maximum Gasteiger partial charge on any atom is 0.253 e. The van der Waals surface area contributed by atoms with Gasteiger partial charge >= 0.3 is 0 Å². The Morgan fingerprint density at radius 2 is 2.29 bits per heavy atom. The Kier molecular flexibility index (Phi) is 4.48. The lowest BCUT2D eigenvalue weighted by molar-refractivity contribution is -0.114. The van der Waals surface area contributed by atoms with Crippen LogP contribution in [0.15, 0.2) is 11.8 Å². The number of primary amides is 1. The highest BCUT2D eigenvalue weighted by Crippen LogP contribution is 2.11. The molecule has 1 aliphatic rings. The Morgan fingerprint density at radius 1 is 1.59 bits per heavy atom. The van der Waals surface area contributed by atoms with Gasteiger partial charge in [0, 0.05) is 12.6 Å². The van der Waals surface area contributed by atoms with Crippen LogP contribution in [0.5, 0.6) is 0 Å². The summed E-state index contributed by atoms with van der Waals surface area (Å²) >= 11 is 0. The number of ether oxygens (including phenoxy) is 1. The molecule has 7 nitrogen and oxygen atoms in total. The van der Waals surface area contributed by atoms with Crippen LogP contribution in [-0.2, 0) is 9.53 Å². The number of amides is 1. The molecule has 0 spiro atoms. The van der Waals surface area contributed by atoms with Crippen molar-refractivity contribution in [2.75, 3.05) is 13.2 Å². The van der Waals surface area contributed by atoms with Crippen molar-refractivity contribution in [3.05, 3.63) is 23.2 Å². The first kappa shape index (κ1) is 13.0. The van der Waals surface area contributed by atoms with Crippen LogP contribution in [0.2, 0.25) is 0 Å². The van der Waals surface area contributed by atoms with Crippen LogP contribution in [0.25, 0.3) is 4.85 Å². The molecule has 0 saturated carbocycles. The molecule has 2 atom stereocenters. The second kappa shape index (κ2) is 5.86. The van der Waals surface area contributed by atoms with Gasteiger partial charge in [-0.2, -0.15) is 0 Å². The molecule has 7 heteroatoms. The quantitative estimate of drug-likeness (QED) is 0.216. The van der Waals surface area contributed by atoms with Gasteiger partial charge in [-0.15, -0.1) is 0 Å². The van der Waals surface area contributed by atoms with Crippen LogP contribution in [-0.4, -0.2) is 37.0 Å². The van der Waals surface area contributed by atoms with Crippen LogP contribution in [0.1, 0.15) is 6.42 Å². The van der Waals surface area contributed by atoms with E-state index in [1.165, 1.54) is 6.20 Å². The number of hydrogen-bond donors (Lipinski definition) is 4. The minimum atomic E-state index is -0.777. The average Bonchev–Trinajstić information content (AvgIpc) is 2.29. The van der Waals surface area contributed by atoms with Crippen LogP contribution in [0.3, 0.4) is 0 Å². The minimum absolute atomic E-state index is 0.0979. The van der Waals surface area contributed by atoms with E-state index in [2.05, 4.69) is 10.2 Å². The summed E-state index contributed by atoms with van der Waals surface area (Å²) in [4.78, 5) is 14.4. The van der Waals surface area contributed by atoms with Crippen molar-refractivity contribution in [3.8, 4) is 0 Å². The van der Waals surface area contributed by atoms with E-state index < -0.39 is 11.7 Å². The molecule has 1 rings (SSSR count). The number of hydrogen-bond acceptors (Lipinski definition) is 4. The van der Waals surface area contributed by atoms with Crippen LogP contribution >= 0.6 is 0 Å². The maximum atomic E-state index is 11.0. The number of carbonyl (C=O) groups is 1. The number of nitrogens with zero attached hydrogens (tertiary/aromatic N) is 1. The van der Waals surface area contributed by atoms with E-state index in [1.54, 1.807) is 0 Å². The van der Waals surface area contributed by atoms with E-state index in [0.29, 0.717) is 19.6 Å². The summed E-state index contributed by atoms with van der Waals surface area (Å²) in [6, 6.07) is -0.420. The van der Waals surface area contributed by atoms with Crippen molar-refractivity contribution in [1.82, 2.24) is 5.32 Å². The summed E-state index contributed by atoms with van der Waals surface area (Å²) < 4.78 is 5.23. The highest BCUT2D eigenvalue weighted by Gasteiger charge is 2.29. The normalized spacial score (nSPS) is 24.8. The Hall–Kier alpha value is -2.07. The average molecular weight is 237 g/mol. The monoisotopic (exact) mass is 237 g/mol. The van der Waals surface area contributed by atoms with Gasteiger partial charge in [0.2, 0.25) is 6.04 Å². The summed E-state index contributed by atoms with van der Waals surface area (Å²) in [7, 11) is 0. The third-order valence-corrected chi connectivity index (χ3v) is 2.48. The molecule has 0 aromatic rings. The van der Waals surface area contributed by atoms with E-state index in [0.717, 1.165) is 0 Å². The summed E-state index contributed by atoms with van der Waals surface area (Å²) in [5.74, 6) is -1.18. The molecule has 0 radical (unpaired) electrons. The van der Waals surface area contributed by atoms with Crippen LogP contribution in [0, 0.1) is 12.0 Å². The van der Waals surface area contributed by atoms with E-state index in [4.69, 9.17) is 28.2 Å². The molecule has 0 aliphatic carbocycles. The molecule has 17 heavy (non-hydrogen) atoms. The lowest BCUT2D eigenvalue weighted by Gasteiger charge is -2.24. The molecule has 0 aromatic carbocycles. The first-order valence-corrected chi connectivity index (χ1v) is 5.11. The van der Waals surface area contributed by atoms with Crippen LogP contribution in [0.4, 0.5) is 0 Å². The fourth-order valence-corrected chi connectivity index (χ4v) is 1.51. The van der Waals surface area contributed by atoms with Gasteiger partial charge in [0.25, 0.3) is 5.91 Å². The molecular weight excluding hydrogens is 222 g/mol. The topological polar surface area (TPSA) is 119 Å². The number of amidine groups is 1. The predicted molar refractivity (Wildman–Crippen MR) is 61.9 cm³/mol. The van der Waals surface area contributed by atoms with Gasteiger partial charge in [-0.05, 0) is 0 Å². The first-order chi connectivity index (χ1) is 8.06. The van der Waals surface area contributed by atoms with Gasteiger partial charge in [0.1, 0.15) is 11.9 Å². The van der Waals surface area contributed by atoms with Gasteiger partial charge in [0.15, 0.2) is 0 Å². The Labute approximate surface area is 99.1 Å². The zero-order valence-electron chi connectivity index (χ0n) is 9.27. The number of nitrogens with one attached hydrogen (secondary N) is 2. The zero-order valence-corrected chi connectivity index (χ0v) is 9.27. The molecule has 1 unspecified atom stereocenters. The van der Waals surface area contributed by atoms with Crippen molar-refractivity contribution in [1.29, 1.82) is 5.41 Å². The summed E-state index contributed by atoms with van der Waals surface area (Å²) in [5, 5.41) is 10.0. The highest BCUT2D eigenvalue weighted by molar-refractivity contribution is 6.18. The highest BCUT2D eigenvalue weighted by atomic mass is 16.5. The summed E-state index contributed by atoms with van der Waals surface area (Å²) in [6.45, 7) is 7.97. The first-order valence-electron chi connectivity index (χ1n) is 5.11. The molecule has 1 fully saturated rings. The fraction of sp³-hybridized carbons (Fsp3) is 0.500. The summed E-state index contributed by atoms with van der Waals surface area (Å²) in [5.41, 5.74) is 10.2. The second-order valence-electron chi connectivity index (χ2n) is 3.67. The van der Waals surface area contributed by atoms with Gasteiger partial charge in [-0.25, -0.2) is 6.57 Å². The van der Waals surface area contributed by atoms with Crippen LogP contribution < -0.4 is 16.8 Å². The Balaban J connectivity index is 2.70. The molecule has 6 N–H and O–H groups in total. The van der Waals surface area contributed by atoms with Crippen molar-refractivity contribution >= 4 is 11.7 Å². The Bertz CT molecular complexity index is 369. The molecular formula is C10H15N5O2. The van der Waals surface area contributed by atoms with E-state index in [1.807, 2.05) is 0 Å².